The number of aryl methyl sites for hydroxylation is 1. The van der Waals surface area contributed by atoms with Crippen LogP contribution in [0, 0.1) is 13.8 Å². The smallest absolute Gasteiger partial charge is 0.148 e. The molecule has 1 unspecified atom stereocenters. The first-order valence-electron chi connectivity index (χ1n) is 6.35. The van der Waals surface area contributed by atoms with E-state index >= 15 is 0 Å². The zero-order valence-electron chi connectivity index (χ0n) is 11.7. The molecule has 0 aliphatic carbocycles. The van der Waals surface area contributed by atoms with Crippen molar-refractivity contribution in [1.82, 2.24) is 9.97 Å². The Morgan fingerprint density at radius 3 is 2.55 bits per heavy atom. The second kappa shape index (κ2) is 6.07. The highest BCUT2D eigenvalue weighted by atomic mass is 35.5. The second-order valence-corrected chi connectivity index (χ2v) is 5.09. The molecule has 1 heterocycles. The van der Waals surface area contributed by atoms with Gasteiger partial charge >= 0.3 is 0 Å². The van der Waals surface area contributed by atoms with Gasteiger partial charge in [0.25, 0.3) is 0 Å². The first kappa shape index (κ1) is 14.6. The summed E-state index contributed by atoms with van der Waals surface area (Å²) in [5.74, 6) is 7.51. The van der Waals surface area contributed by atoms with Gasteiger partial charge in [0.1, 0.15) is 17.5 Å². The van der Waals surface area contributed by atoms with Crippen molar-refractivity contribution in [3.8, 4) is 0 Å². The van der Waals surface area contributed by atoms with Crippen LogP contribution in [0.25, 0.3) is 0 Å². The molecule has 0 fully saturated rings. The molecule has 0 bridgehead atoms. The number of nitrogens with one attached hydrogen (secondary N) is 2. The summed E-state index contributed by atoms with van der Waals surface area (Å²) in [5, 5.41) is 4.08. The van der Waals surface area contributed by atoms with Crippen LogP contribution in [0.2, 0.25) is 5.02 Å². The van der Waals surface area contributed by atoms with Crippen molar-refractivity contribution in [3.05, 3.63) is 46.2 Å². The van der Waals surface area contributed by atoms with Crippen LogP contribution in [0.3, 0.4) is 0 Å². The zero-order valence-corrected chi connectivity index (χ0v) is 12.5. The molecule has 2 aromatic rings. The number of anilines is 2. The summed E-state index contributed by atoms with van der Waals surface area (Å²) in [6.07, 6.45) is 0. The molecule has 0 aliphatic heterocycles. The van der Waals surface area contributed by atoms with Crippen LogP contribution in [0.1, 0.15) is 29.9 Å². The van der Waals surface area contributed by atoms with E-state index in [0.717, 1.165) is 22.0 Å². The number of nitrogens with zero attached hydrogens (tertiary/aromatic N) is 2. The van der Waals surface area contributed by atoms with Gasteiger partial charge in [0, 0.05) is 10.6 Å². The number of nitrogen functional groups attached to an aromatic ring is 1. The lowest BCUT2D eigenvalue weighted by Gasteiger charge is -2.18. The number of rotatable bonds is 4. The largest absolute Gasteiger partial charge is 0.363 e. The fraction of sp³-hybridized carbons (Fsp3) is 0.286. The molecule has 4 N–H and O–H groups in total. The van der Waals surface area contributed by atoms with Crippen molar-refractivity contribution in [2.24, 2.45) is 5.84 Å². The molecule has 1 aromatic carbocycles. The molecule has 0 spiro atoms. The second-order valence-electron chi connectivity index (χ2n) is 4.66. The van der Waals surface area contributed by atoms with Crippen molar-refractivity contribution >= 4 is 23.2 Å². The summed E-state index contributed by atoms with van der Waals surface area (Å²) in [7, 11) is 0. The molecule has 0 saturated carbocycles. The average molecular weight is 292 g/mol. The quantitative estimate of drug-likeness (QED) is 0.596. The molecule has 0 radical (unpaired) electrons. The van der Waals surface area contributed by atoms with E-state index in [2.05, 4.69) is 27.6 Å². The minimum absolute atomic E-state index is 0.0762. The fourth-order valence-corrected chi connectivity index (χ4v) is 2.17. The third kappa shape index (κ3) is 3.18. The van der Waals surface area contributed by atoms with Crippen molar-refractivity contribution in [1.29, 1.82) is 0 Å². The summed E-state index contributed by atoms with van der Waals surface area (Å²) in [5.41, 5.74) is 4.56. The van der Waals surface area contributed by atoms with Gasteiger partial charge in [-0.25, -0.2) is 15.8 Å². The Balaban J connectivity index is 2.28. The van der Waals surface area contributed by atoms with Crippen molar-refractivity contribution in [2.75, 3.05) is 10.7 Å². The van der Waals surface area contributed by atoms with Gasteiger partial charge in [-0.2, -0.15) is 0 Å². The summed E-state index contributed by atoms with van der Waals surface area (Å²) in [4.78, 5) is 8.66. The van der Waals surface area contributed by atoms with Crippen molar-refractivity contribution in [2.45, 2.75) is 26.8 Å². The van der Waals surface area contributed by atoms with E-state index < -0.39 is 0 Å². The number of nitrogens with two attached hydrogens (primary N) is 1. The van der Waals surface area contributed by atoms with Gasteiger partial charge < -0.3 is 10.7 Å². The Morgan fingerprint density at radius 2 is 1.90 bits per heavy atom. The van der Waals surface area contributed by atoms with Crippen LogP contribution in [0.15, 0.2) is 24.3 Å². The molecular weight excluding hydrogens is 274 g/mol. The molecule has 106 valence electrons. The third-order valence-electron chi connectivity index (χ3n) is 3.10. The minimum Gasteiger partial charge on any atom is -0.363 e. The van der Waals surface area contributed by atoms with E-state index in [1.807, 2.05) is 38.1 Å². The number of hydrogen-bond donors (Lipinski definition) is 3. The lowest BCUT2D eigenvalue weighted by molar-refractivity contribution is 0.862. The predicted octanol–water partition coefficient (Wildman–Crippen LogP) is 3.21. The van der Waals surface area contributed by atoms with E-state index in [-0.39, 0.29) is 6.04 Å². The van der Waals surface area contributed by atoms with Crippen LogP contribution < -0.4 is 16.6 Å². The SMILES string of the molecule is Cc1nc(NN)c(C)c(NC(C)c2cccc(Cl)c2)n1. The summed E-state index contributed by atoms with van der Waals surface area (Å²) < 4.78 is 0. The van der Waals surface area contributed by atoms with E-state index in [9.17, 15) is 0 Å². The van der Waals surface area contributed by atoms with Gasteiger partial charge in [0.2, 0.25) is 0 Å². The molecule has 5 nitrogen and oxygen atoms in total. The van der Waals surface area contributed by atoms with Crippen LogP contribution in [-0.2, 0) is 0 Å². The Kier molecular flexibility index (Phi) is 4.42. The standard InChI is InChI=1S/C14H18ClN5/c1-8-13(18-10(3)19-14(8)20-16)17-9(2)11-5-4-6-12(15)7-11/h4-7,9H,16H2,1-3H3,(H2,17,18,19,20). The first-order chi connectivity index (χ1) is 9.51. The molecule has 0 amide bonds. The number of aromatic nitrogens is 2. The minimum atomic E-state index is 0.0762. The van der Waals surface area contributed by atoms with Crippen LogP contribution >= 0.6 is 11.6 Å². The van der Waals surface area contributed by atoms with Gasteiger partial charge in [-0.05, 0) is 38.5 Å². The Morgan fingerprint density at radius 1 is 1.20 bits per heavy atom. The topological polar surface area (TPSA) is 75.9 Å². The maximum atomic E-state index is 6.02. The molecule has 2 rings (SSSR count). The van der Waals surface area contributed by atoms with Gasteiger partial charge in [-0.3, -0.25) is 0 Å². The van der Waals surface area contributed by atoms with Gasteiger partial charge in [-0.15, -0.1) is 0 Å². The Bertz CT molecular complexity index is 615. The maximum Gasteiger partial charge on any atom is 0.148 e. The van der Waals surface area contributed by atoms with E-state index in [1.165, 1.54) is 0 Å². The maximum absolute atomic E-state index is 6.02. The highest BCUT2D eigenvalue weighted by Gasteiger charge is 2.12. The highest BCUT2D eigenvalue weighted by molar-refractivity contribution is 6.30. The molecule has 0 saturated heterocycles. The monoisotopic (exact) mass is 291 g/mol. The number of benzene rings is 1. The van der Waals surface area contributed by atoms with Crippen LogP contribution in [0.4, 0.5) is 11.6 Å². The normalized spacial score (nSPS) is 12.1. The summed E-state index contributed by atoms with van der Waals surface area (Å²) in [6, 6.07) is 7.82. The van der Waals surface area contributed by atoms with Crippen LogP contribution in [-0.4, -0.2) is 9.97 Å². The van der Waals surface area contributed by atoms with Crippen molar-refractivity contribution in [3.63, 3.8) is 0 Å². The van der Waals surface area contributed by atoms with Crippen LogP contribution in [0.5, 0.6) is 0 Å². The molecule has 20 heavy (non-hydrogen) atoms. The number of halogens is 1. The van der Waals surface area contributed by atoms with Gasteiger partial charge in [0.05, 0.1) is 6.04 Å². The number of hydrogen-bond acceptors (Lipinski definition) is 5. The molecule has 1 aromatic heterocycles. The molecule has 6 heteroatoms. The molecular formula is C14H18ClN5. The Labute approximate surface area is 123 Å². The van der Waals surface area contributed by atoms with E-state index in [0.29, 0.717) is 11.6 Å². The first-order valence-corrected chi connectivity index (χ1v) is 6.73. The van der Waals surface area contributed by atoms with E-state index in [1.54, 1.807) is 0 Å². The Hall–Kier alpha value is -1.85. The fourth-order valence-electron chi connectivity index (χ4n) is 1.97. The summed E-state index contributed by atoms with van der Waals surface area (Å²) in [6.45, 7) is 5.80. The highest BCUT2D eigenvalue weighted by Crippen LogP contribution is 2.25. The molecule has 0 aliphatic rings. The van der Waals surface area contributed by atoms with Crippen molar-refractivity contribution < 1.29 is 0 Å². The van der Waals surface area contributed by atoms with E-state index in [4.69, 9.17) is 17.4 Å². The van der Waals surface area contributed by atoms with Gasteiger partial charge in [-0.1, -0.05) is 23.7 Å². The summed E-state index contributed by atoms with van der Waals surface area (Å²) >= 11 is 6.02. The predicted molar refractivity (Wildman–Crippen MR) is 82.8 cm³/mol. The lowest BCUT2D eigenvalue weighted by Crippen LogP contribution is -2.15. The number of hydrazine groups is 1. The third-order valence-corrected chi connectivity index (χ3v) is 3.33. The average Bonchev–Trinajstić information content (AvgIpc) is 2.42. The lowest BCUT2D eigenvalue weighted by atomic mass is 10.1. The zero-order chi connectivity index (χ0) is 14.7. The molecule has 1 atom stereocenters. The van der Waals surface area contributed by atoms with Gasteiger partial charge in [0.15, 0.2) is 0 Å².